The number of carbonyl (C=O) groups excluding carboxylic acids is 2. The average molecular weight is 437 g/mol. The molecule has 0 radical (unpaired) electrons. The van der Waals surface area contributed by atoms with Crippen LogP contribution in [0.25, 0.3) is 6.08 Å². The second-order valence-electron chi connectivity index (χ2n) is 6.45. The van der Waals surface area contributed by atoms with E-state index in [0.29, 0.717) is 27.8 Å². The van der Waals surface area contributed by atoms with Crippen LogP contribution in [0, 0.1) is 0 Å². The van der Waals surface area contributed by atoms with Crippen molar-refractivity contribution in [3.05, 3.63) is 94.6 Å². The molecule has 3 aromatic rings. The largest absolute Gasteiger partial charge is 0.497 e. The number of hydrogen-bond donors (Lipinski definition) is 2. The highest BCUT2D eigenvalue weighted by molar-refractivity contribution is 6.34. The Balaban J connectivity index is 1.88. The molecule has 0 aliphatic carbocycles. The smallest absolute Gasteiger partial charge is 0.272 e. The molecule has 158 valence electrons. The molecule has 0 atom stereocenters. The minimum Gasteiger partial charge on any atom is -0.497 e. The molecule has 0 aliphatic heterocycles. The fraction of sp³-hybridized carbons (Fsp3) is 0.0833. The Morgan fingerprint density at radius 1 is 0.839 bits per heavy atom. The van der Waals surface area contributed by atoms with E-state index in [1.165, 1.54) is 0 Å². The molecule has 0 saturated carbocycles. The highest BCUT2D eigenvalue weighted by atomic mass is 35.5. The quantitative estimate of drug-likeness (QED) is 0.523. The van der Waals surface area contributed by atoms with Crippen LogP contribution in [0.4, 0.5) is 5.69 Å². The molecular formula is C24H21ClN2O4. The molecule has 0 spiro atoms. The number of halogens is 1. The predicted octanol–water partition coefficient (Wildman–Crippen LogP) is 4.77. The van der Waals surface area contributed by atoms with Crippen LogP contribution in [-0.4, -0.2) is 26.0 Å². The summed E-state index contributed by atoms with van der Waals surface area (Å²) in [5, 5.41) is 5.73. The summed E-state index contributed by atoms with van der Waals surface area (Å²) in [6.45, 7) is 0. The molecule has 3 aromatic carbocycles. The standard InChI is InChI=1S/C24H21ClN2O4/c1-30-18-11-7-16(8-12-18)15-22(27-23(28)20-5-3-4-6-21(20)25)24(29)26-17-9-13-19(31-2)14-10-17/h3-15H,1-2H3,(H,26,29)(H,27,28). The van der Waals surface area contributed by atoms with Crippen molar-refractivity contribution in [2.75, 3.05) is 19.5 Å². The number of hydrogen-bond acceptors (Lipinski definition) is 4. The van der Waals surface area contributed by atoms with E-state index in [4.69, 9.17) is 21.1 Å². The van der Waals surface area contributed by atoms with Crippen molar-refractivity contribution < 1.29 is 19.1 Å². The van der Waals surface area contributed by atoms with Crippen molar-refractivity contribution in [2.24, 2.45) is 0 Å². The summed E-state index contributed by atoms with van der Waals surface area (Å²) in [6.07, 6.45) is 1.58. The van der Waals surface area contributed by atoms with E-state index in [2.05, 4.69) is 10.6 Å². The number of carbonyl (C=O) groups is 2. The van der Waals surface area contributed by atoms with Gasteiger partial charge in [0.15, 0.2) is 0 Å². The maximum Gasteiger partial charge on any atom is 0.272 e. The Labute approximate surface area is 185 Å². The maximum atomic E-state index is 13.0. The Morgan fingerprint density at radius 3 is 2.00 bits per heavy atom. The monoisotopic (exact) mass is 436 g/mol. The van der Waals surface area contributed by atoms with Crippen LogP contribution in [0.5, 0.6) is 11.5 Å². The zero-order valence-electron chi connectivity index (χ0n) is 17.0. The van der Waals surface area contributed by atoms with Crippen LogP contribution in [-0.2, 0) is 4.79 Å². The van der Waals surface area contributed by atoms with Gasteiger partial charge in [0.1, 0.15) is 17.2 Å². The first-order valence-corrected chi connectivity index (χ1v) is 9.75. The van der Waals surface area contributed by atoms with E-state index in [9.17, 15) is 9.59 Å². The number of ether oxygens (including phenoxy) is 2. The van der Waals surface area contributed by atoms with Crippen LogP contribution in [0.15, 0.2) is 78.5 Å². The van der Waals surface area contributed by atoms with Crippen molar-refractivity contribution >= 4 is 35.2 Å². The molecule has 0 saturated heterocycles. The fourth-order valence-corrected chi connectivity index (χ4v) is 2.95. The normalized spacial score (nSPS) is 10.9. The van der Waals surface area contributed by atoms with Crippen LogP contribution in [0.1, 0.15) is 15.9 Å². The summed E-state index contributed by atoms with van der Waals surface area (Å²) < 4.78 is 10.3. The number of nitrogens with one attached hydrogen (secondary N) is 2. The maximum absolute atomic E-state index is 13.0. The van der Waals surface area contributed by atoms with Gasteiger partial charge in [-0.1, -0.05) is 35.9 Å². The Morgan fingerprint density at radius 2 is 1.42 bits per heavy atom. The van der Waals surface area contributed by atoms with E-state index in [-0.39, 0.29) is 11.3 Å². The number of benzene rings is 3. The van der Waals surface area contributed by atoms with Gasteiger partial charge in [0.25, 0.3) is 11.8 Å². The Kier molecular flexibility index (Phi) is 7.30. The van der Waals surface area contributed by atoms with E-state index in [1.807, 2.05) is 0 Å². The molecule has 2 amide bonds. The minimum atomic E-state index is -0.491. The lowest BCUT2D eigenvalue weighted by molar-refractivity contribution is -0.113. The second-order valence-corrected chi connectivity index (χ2v) is 6.85. The third kappa shape index (κ3) is 5.87. The van der Waals surface area contributed by atoms with E-state index in [0.717, 1.165) is 0 Å². The van der Waals surface area contributed by atoms with Gasteiger partial charge in [-0.2, -0.15) is 0 Å². The van der Waals surface area contributed by atoms with Gasteiger partial charge in [-0.05, 0) is 60.2 Å². The van der Waals surface area contributed by atoms with Gasteiger partial charge in [0.2, 0.25) is 0 Å². The summed E-state index contributed by atoms with van der Waals surface area (Å²) in [7, 11) is 3.13. The summed E-state index contributed by atoms with van der Waals surface area (Å²) in [5.74, 6) is 0.372. The molecule has 31 heavy (non-hydrogen) atoms. The molecule has 0 heterocycles. The zero-order chi connectivity index (χ0) is 22.2. The van der Waals surface area contributed by atoms with Crippen LogP contribution in [0.2, 0.25) is 5.02 Å². The summed E-state index contributed by atoms with van der Waals surface area (Å²) in [5.41, 5.74) is 1.59. The molecule has 2 N–H and O–H groups in total. The van der Waals surface area contributed by atoms with E-state index in [1.54, 1.807) is 93.1 Å². The zero-order valence-corrected chi connectivity index (χ0v) is 17.8. The van der Waals surface area contributed by atoms with Gasteiger partial charge in [0, 0.05) is 5.69 Å². The minimum absolute atomic E-state index is 0.0610. The van der Waals surface area contributed by atoms with Gasteiger partial charge >= 0.3 is 0 Å². The first kappa shape index (κ1) is 21.9. The lowest BCUT2D eigenvalue weighted by Crippen LogP contribution is -2.30. The molecule has 0 bridgehead atoms. The molecule has 0 fully saturated rings. The lowest BCUT2D eigenvalue weighted by atomic mass is 10.1. The highest BCUT2D eigenvalue weighted by Gasteiger charge is 2.17. The van der Waals surface area contributed by atoms with Crippen molar-refractivity contribution in [2.45, 2.75) is 0 Å². The fourth-order valence-electron chi connectivity index (χ4n) is 2.73. The number of anilines is 1. The van der Waals surface area contributed by atoms with Crippen molar-refractivity contribution in [1.82, 2.24) is 5.32 Å². The van der Waals surface area contributed by atoms with Gasteiger partial charge in [0.05, 0.1) is 24.8 Å². The van der Waals surface area contributed by atoms with Gasteiger partial charge < -0.3 is 20.1 Å². The van der Waals surface area contributed by atoms with Crippen molar-refractivity contribution in [1.29, 1.82) is 0 Å². The molecule has 0 aromatic heterocycles. The number of methoxy groups -OCH3 is 2. The summed E-state index contributed by atoms with van der Waals surface area (Å²) >= 11 is 6.13. The van der Waals surface area contributed by atoms with Crippen molar-refractivity contribution in [3.63, 3.8) is 0 Å². The molecule has 0 unspecified atom stereocenters. The predicted molar refractivity (Wildman–Crippen MR) is 122 cm³/mol. The van der Waals surface area contributed by atoms with Crippen molar-refractivity contribution in [3.8, 4) is 11.5 Å². The Hall–Kier alpha value is -3.77. The average Bonchev–Trinajstić information content (AvgIpc) is 2.79. The molecule has 7 heteroatoms. The van der Waals surface area contributed by atoms with E-state index >= 15 is 0 Å². The van der Waals surface area contributed by atoms with E-state index < -0.39 is 11.8 Å². The Bertz CT molecular complexity index is 1090. The molecule has 6 nitrogen and oxygen atoms in total. The summed E-state index contributed by atoms with van der Waals surface area (Å²) in [4.78, 5) is 25.7. The number of amides is 2. The summed E-state index contributed by atoms with van der Waals surface area (Å²) in [6, 6.07) is 20.6. The second kappa shape index (κ2) is 10.3. The lowest BCUT2D eigenvalue weighted by Gasteiger charge is -2.12. The van der Waals surface area contributed by atoms with Crippen LogP contribution < -0.4 is 20.1 Å². The first-order valence-electron chi connectivity index (χ1n) is 9.37. The highest BCUT2D eigenvalue weighted by Crippen LogP contribution is 2.19. The van der Waals surface area contributed by atoms with Gasteiger partial charge in [-0.25, -0.2) is 0 Å². The SMILES string of the molecule is COc1ccc(C=C(NC(=O)c2ccccc2Cl)C(=O)Nc2ccc(OC)cc2)cc1. The van der Waals surface area contributed by atoms with Gasteiger partial charge in [-0.3, -0.25) is 9.59 Å². The number of rotatable bonds is 7. The third-order valence-electron chi connectivity index (χ3n) is 4.39. The van der Waals surface area contributed by atoms with Crippen LogP contribution >= 0.6 is 11.6 Å². The third-order valence-corrected chi connectivity index (χ3v) is 4.72. The first-order chi connectivity index (χ1) is 15.0. The van der Waals surface area contributed by atoms with Crippen LogP contribution in [0.3, 0.4) is 0 Å². The molecule has 3 rings (SSSR count). The van der Waals surface area contributed by atoms with Gasteiger partial charge in [-0.15, -0.1) is 0 Å². The molecular weight excluding hydrogens is 416 g/mol. The molecule has 0 aliphatic rings. The topological polar surface area (TPSA) is 76.7 Å².